The largest absolute Gasteiger partial charge is 0.496 e. The first kappa shape index (κ1) is 17.8. The molecular formula is C19H24FN3O. The predicted molar refractivity (Wildman–Crippen MR) is 95.8 cm³/mol. The molecule has 2 aromatic carbocycles. The van der Waals surface area contributed by atoms with Crippen LogP contribution in [-0.2, 0) is 13.1 Å². The topological polar surface area (TPSA) is 45.7 Å². The summed E-state index contributed by atoms with van der Waals surface area (Å²) in [7, 11) is 1.66. The number of aliphatic imine (C=N–C) groups is 1. The van der Waals surface area contributed by atoms with E-state index < -0.39 is 0 Å². The number of hydrogen-bond acceptors (Lipinski definition) is 2. The molecule has 0 unspecified atom stereocenters. The van der Waals surface area contributed by atoms with Crippen molar-refractivity contribution in [3.63, 3.8) is 0 Å². The highest BCUT2D eigenvalue weighted by Crippen LogP contribution is 2.18. The zero-order valence-corrected chi connectivity index (χ0v) is 14.4. The fourth-order valence-corrected chi connectivity index (χ4v) is 2.37. The second-order valence-corrected chi connectivity index (χ2v) is 5.44. The zero-order valence-electron chi connectivity index (χ0n) is 14.4. The summed E-state index contributed by atoms with van der Waals surface area (Å²) in [6, 6.07) is 12.7. The number of nitrogens with zero attached hydrogens (tertiary/aromatic N) is 1. The number of guanidine groups is 1. The van der Waals surface area contributed by atoms with Crippen LogP contribution in [0.4, 0.5) is 4.39 Å². The van der Waals surface area contributed by atoms with Crippen LogP contribution in [0.1, 0.15) is 23.6 Å². The number of methoxy groups -OCH3 is 1. The molecule has 2 aromatic rings. The van der Waals surface area contributed by atoms with Gasteiger partial charge in [-0.2, -0.15) is 0 Å². The summed E-state index contributed by atoms with van der Waals surface area (Å²) in [5.74, 6) is 1.31. The summed E-state index contributed by atoms with van der Waals surface area (Å²) in [5, 5.41) is 6.33. The summed E-state index contributed by atoms with van der Waals surface area (Å²) in [4.78, 5) is 4.56. The van der Waals surface area contributed by atoms with E-state index in [0.29, 0.717) is 24.6 Å². The van der Waals surface area contributed by atoms with E-state index in [1.807, 2.05) is 32.0 Å². The molecule has 128 valence electrons. The Hall–Kier alpha value is -2.56. The number of ether oxygens (including phenoxy) is 1. The number of rotatable bonds is 6. The maximum Gasteiger partial charge on any atom is 0.191 e. The van der Waals surface area contributed by atoms with Crippen molar-refractivity contribution in [2.45, 2.75) is 26.9 Å². The molecule has 0 radical (unpaired) electrons. The molecule has 0 amide bonds. The van der Waals surface area contributed by atoms with Crippen LogP contribution in [0, 0.1) is 12.7 Å². The van der Waals surface area contributed by atoms with Crippen LogP contribution in [0.2, 0.25) is 0 Å². The molecule has 0 saturated heterocycles. The molecule has 0 bridgehead atoms. The number of aryl methyl sites for hydroxylation is 1. The summed E-state index contributed by atoms with van der Waals surface area (Å²) >= 11 is 0. The minimum absolute atomic E-state index is 0.216. The lowest BCUT2D eigenvalue weighted by atomic mass is 10.1. The standard InChI is InChI=1S/C19H24FN3O/c1-4-21-19(23-13-16-7-5-6-8-17(16)20)22-12-15-9-10-18(24-3)14(2)11-15/h5-11H,4,12-13H2,1-3H3,(H2,21,22,23). The Morgan fingerprint density at radius 2 is 1.96 bits per heavy atom. The predicted octanol–water partition coefficient (Wildman–Crippen LogP) is 3.40. The van der Waals surface area contributed by atoms with Gasteiger partial charge in [-0.25, -0.2) is 9.38 Å². The zero-order chi connectivity index (χ0) is 17.4. The van der Waals surface area contributed by atoms with Crippen molar-refractivity contribution in [2.24, 2.45) is 4.99 Å². The molecule has 0 saturated carbocycles. The second kappa shape index (κ2) is 8.91. The van der Waals surface area contributed by atoms with Gasteiger partial charge in [0.25, 0.3) is 0 Å². The van der Waals surface area contributed by atoms with Gasteiger partial charge in [0.15, 0.2) is 5.96 Å². The molecule has 0 spiro atoms. The van der Waals surface area contributed by atoms with Crippen molar-refractivity contribution in [1.29, 1.82) is 0 Å². The minimum Gasteiger partial charge on any atom is -0.496 e. The molecule has 5 heteroatoms. The molecule has 0 aromatic heterocycles. The maximum atomic E-state index is 13.7. The van der Waals surface area contributed by atoms with Gasteiger partial charge >= 0.3 is 0 Å². The summed E-state index contributed by atoms with van der Waals surface area (Å²) in [5.41, 5.74) is 2.79. The van der Waals surface area contributed by atoms with Crippen LogP contribution in [0.15, 0.2) is 47.5 Å². The van der Waals surface area contributed by atoms with Gasteiger partial charge in [-0.3, -0.25) is 0 Å². The van der Waals surface area contributed by atoms with Gasteiger partial charge in [-0.05, 0) is 37.1 Å². The Labute approximate surface area is 142 Å². The van der Waals surface area contributed by atoms with Crippen molar-refractivity contribution in [1.82, 2.24) is 10.6 Å². The Kier molecular flexibility index (Phi) is 6.61. The molecule has 0 aliphatic carbocycles. The SMILES string of the molecule is CCNC(=NCc1ccc(OC)c(C)c1)NCc1ccccc1F. The van der Waals surface area contributed by atoms with E-state index in [0.717, 1.165) is 23.4 Å². The first-order chi connectivity index (χ1) is 11.6. The second-order valence-electron chi connectivity index (χ2n) is 5.44. The molecule has 0 aliphatic rings. The van der Waals surface area contributed by atoms with Crippen LogP contribution in [0.5, 0.6) is 5.75 Å². The summed E-state index contributed by atoms with van der Waals surface area (Å²) in [6.45, 7) is 5.67. The Balaban J connectivity index is 2.02. The quantitative estimate of drug-likeness (QED) is 0.631. The first-order valence-electron chi connectivity index (χ1n) is 8.03. The van der Waals surface area contributed by atoms with Crippen LogP contribution < -0.4 is 15.4 Å². The lowest BCUT2D eigenvalue weighted by Gasteiger charge is -2.12. The highest BCUT2D eigenvalue weighted by molar-refractivity contribution is 5.79. The van der Waals surface area contributed by atoms with Gasteiger partial charge in [0.2, 0.25) is 0 Å². The van der Waals surface area contributed by atoms with E-state index in [2.05, 4.69) is 21.7 Å². The van der Waals surface area contributed by atoms with Crippen molar-refractivity contribution < 1.29 is 9.13 Å². The van der Waals surface area contributed by atoms with Crippen LogP contribution in [0.3, 0.4) is 0 Å². The average molecular weight is 329 g/mol. The molecule has 0 atom stereocenters. The molecular weight excluding hydrogens is 305 g/mol. The fraction of sp³-hybridized carbons (Fsp3) is 0.316. The summed E-state index contributed by atoms with van der Waals surface area (Å²) < 4.78 is 18.9. The number of hydrogen-bond donors (Lipinski definition) is 2. The van der Waals surface area contributed by atoms with Crippen LogP contribution in [0.25, 0.3) is 0 Å². The Morgan fingerprint density at radius 1 is 1.17 bits per heavy atom. The Bertz CT molecular complexity index is 701. The number of nitrogens with one attached hydrogen (secondary N) is 2. The van der Waals surface area contributed by atoms with Crippen molar-refractivity contribution in [3.8, 4) is 5.75 Å². The highest BCUT2D eigenvalue weighted by Gasteiger charge is 2.03. The van der Waals surface area contributed by atoms with Gasteiger partial charge in [0.05, 0.1) is 13.7 Å². The molecule has 2 rings (SSSR count). The van der Waals surface area contributed by atoms with Gasteiger partial charge in [-0.15, -0.1) is 0 Å². The van der Waals surface area contributed by atoms with Gasteiger partial charge in [-0.1, -0.05) is 30.3 Å². The molecule has 2 N–H and O–H groups in total. The monoisotopic (exact) mass is 329 g/mol. The Morgan fingerprint density at radius 3 is 2.62 bits per heavy atom. The number of halogens is 1. The van der Waals surface area contributed by atoms with E-state index >= 15 is 0 Å². The molecule has 4 nitrogen and oxygen atoms in total. The highest BCUT2D eigenvalue weighted by atomic mass is 19.1. The van der Waals surface area contributed by atoms with Crippen LogP contribution in [-0.4, -0.2) is 19.6 Å². The third-order valence-corrected chi connectivity index (χ3v) is 3.63. The van der Waals surface area contributed by atoms with Gasteiger partial charge < -0.3 is 15.4 Å². The van der Waals surface area contributed by atoms with E-state index in [1.165, 1.54) is 6.07 Å². The number of benzene rings is 2. The van der Waals surface area contributed by atoms with E-state index in [9.17, 15) is 4.39 Å². The van der Waals surface area contributed by atoms with Crippen molar-refractivity contribution >= 4 is 5.96 Å². The minimum atomic E-state index is -0.216. The van der Waals surface area contributed by atoms with E-state index in [1.54, 1.807) is 19.2 Å². The lowest BCUT2D eigenvalue weighted by molar-refractivity contribution is 0.411. The molecule has 24 heavy (non-hydrogen) atoms. The normalized spacial score (nSPS) is 11.2. The van der Waals surface area contributed by atoms with Gasteiger partial charge in [0.1, 0.15) is 11.6 Å². The first-order valence-corrected chi connectivity index (χ1v) is 8.03. The lowest BCUT2D eigenvalue weighted by Crippen LogP contribution is -2.37. The molecule has 0 heterocycles. The molecule has 0 aliphatic heterocycles. The van der Waals surface area contributed by atoms with Gasteiger partial charge in [0, 0.05) is 18.7 Å². The third-order valence-electron chi connectivity index (χ3n) is 3.63. The summed E-state index contributed by atoms with van der Waals surface area (Å²) in [6.07, 6.45) is 0. The maximum absolute atomic E-state index is 13.7. The third kappa shape index (κ3) is 4.98. The molecule has 0 fully saturated rings. The smallest absolute Gasteiger partial charge is 0.191 e. The average Bonchev–Trinajstić information content (AvgIpc) is 2.58. The van der Waals surface area contributed by atoms with E-state index in [4.69, 9.17) is 4.74 Å². The van der Waals surface area contributed by atoms with E-state index in [-0.39, 0.29) is 5.82 Å². The fourth-order valence-electron chi connectivity index (χ4n) is 2.37. The van der Waals surface area contributed by atoms with Crippen LogP contribution >= 0.6 is 0 Å². The van der Waals surface area contributed by atoms with Crippen molar-refractivity contribution in [2.75, 3.05) is 13.7 Å². The van der Waals surface area contributed by atoms with Crippen molar-refractivity contribution in [3.05, 3.63) is 65.0 Å².